The van der Waals surface area contributed by atoms with Gasteiger partial charge in [-0.1, -0.05) is 97.1 Å². The largest absolute Gasteiger partial charge is 0.308 e. The highest BCUT2D eigenvalue weighted by molar-refractivity contribution is 6.12. The molecule has 6 heteroatoms. The molecule has 0 unspecified atom stereocenters. The Balaban J connectivity index is 1.24. The Labute approximate surface area is 375 Å². The van der Waals surface area contributed by atoms with Gasteiger partial charge in [0.2, 0.25) is 0 Å². The van der Waals surface area contributed by atoms with E-state index in [0.29, 0.717) is 27.8 Å². The second-order valence-electron chi connectivity index (χ2n) is 15.7. The summed E-state index contributed by atoms with van der Waals surface area (Å²) in [6.45, 7) is 0. The van der Waals surface area contributed by atoms with Gasteiger partial charge in [0.05, 0.1) is 68.8 Å². The summed E-state index contributed by atoms with van der Waals surface area (Å²) >= 11 is 0. The van der Waals surface area contributed by atoms with E-state index in [1.54, 1.807) is 0 Å². The molecule has 0 saturated carbocycles. The van der Waals surface area contributed by atoms with Gasteiger partial charge in [-0.25, -0.2) is 0 Å². The Morgan fingerprint density at radius 2 is 0.554 bits per heavy atom. The summed E-state index contributed by atoms with van der Waals surface area (Å²) in [5, 5.41) is 52.8. The first-order valence-corrected chi connectivity index (χ1v) is 20.9. The van der Waals surface area contributed by atoms with Gasteiger partial charge in [-0.05, 0) is 164 Å². The molecule has 0 aliphatic carbocycles. The van der Waals surface area contributed by atoms with Gasteiger partial charge in [-0.3, -0.25) is 0 Å². The zero-order chi connectivity index (χ0) is 44.4. The number of rotatable bonds is 7. The van der Waals surface area contributed by atoms with Crippen molar-refractivity contribution in [2.24, 2.45) is 0 Å². The van der Waals surface area contributed by atoms with Crippen molar-refractivity contribution in [2.75, 3.05) is 0 Å². The van der Waals surface area contributed by atoms with Crippen LogP contribution < -0.4 is 0 Å². The van der Waals surface area contributed by atoms with Crippen LogP contribution in [0.25, 0.3) is 94.3 Å². The van der Waals surface area contributed by atoms with E-state index < -0.39 is 0 Å². The summed E-state index contributed by atoms with van der Waals surface area (Å²) in [6, 6.07) is 74.7. The first-order chi connectivity index (χ1) is 32.0. The van der Waals surface area contributed by atoms with Crippen molar-refractivity contribution in [2.45, 2.75) is 0 Å². The molecule has 10 rings (SSSR count). The summed E-state index contributed by atoms with van der Waals surface area (Å²) < 4.78 is 2.14. The van der Waals surface area contributed by atoms with E-state index >= 15 is 0 Å². The van der Waals surface area contributed by atoms with E-state index in [0.717, 1.165) is 94.3 Å². The van der Waals surface area contributed by atoms with Crippen molar-refractivity contribution in [1.29, 1.82) is 26.3 Å². The molecule has 1 aromatic heterocycles. The van der Waals surface area contributed by atoms with Gasteiger partial charge in [-0.2, -0.15) is 26.3 Å². The second kappa shape index (κ2) is 16.6. The average molecular weight is 825 g/mol. The first-order valence-electron chi connectivity index (χ1n) is 20.9. The number of hydrogen-bond donors (Lipinski definition) is 0. The van der Waals surface area contributed by atoms with E-state index in [9.17, 15) is 26.3 Å². The number of hydrogen-bond acceptors (Lipinski definition) is 5. The molecule has 0 aliphatic rings. The Morgan fingerprint density at radius 3 is 0.892 bits per heavy atom. The van der Waals surface area contributed by atoms with Crippen molar-refractivity contribution >= 4 is 21.8 Å². The summed E-state index contributed by atoms with van der Waals surface area (Å²) in [5.74, 6) is 0. The highest BCUT2D eigenvalue weighted by atomic mass is 15.0. The lowest BCUT2D eigenvalue weighted by Crippen LogP contribution is -1.97. The van der Waals surface area contributed by atoms with Crippen molar-refractivity contribution in [1.82, 2.24) is 4.57 Å². The van der Waals surface area contributed by atoms with Crippen molar-refractivity contribution in [3.05, 3.63) is 222 Å². The van der Waals surface area contributed by atoms with Crippen LogP contribution in [-0.2, 0) is 0 Å². The first kappa shape index (κ1) is 39.4. The van der Waals surface area contributed by atoms with Crippen molar-refractivity contribution in [3.63, 3.8) is 0 Å². The van der Waals surface area contributed by atoms with Crippen LogP contribution in [0.5, 0.6) is 0 Å². The third-order valence-electron chi connectivity index (χ3n) is 12.0. The topological polar surface area (TPSA) is 124 Å². The summed E-state index contributed by atoms with van der Waals surface area (Å²) in [7, 11) is 0. The highest BCUT2D eigenvalue weighted by Gasteiger charge is 2.19. The predicted octanol–water partition coefficient (Wildman–Crippen LogP) is 14.1. The van der Waals surface area contributed by atoms with E-state index in [1.165, 1.54) is 0 Å². The molecule has 0 fully saturated rings. The summed E-state index contributed by atoms with van der Waals surface area (Å²) in [4.78, 5) is 0. The maximum Gasteiger partial charge on any atom is 0.101 e. The average Bonchev–Trinajstić information content (AvgIpc) is 3.70. The van der Waals surface area contributed by atoms with Gasteiger partial charge in [-0.15, -0.1) is 0 Å². The molecular formula is C59H32N6. The van der Waals surface area contributed by atoms with Gasteiger partial charge in [0.1, 0.15) is 6.07 Å². The normalized spacial score (nSPS) is 10.7. The minimum Gasteiger partial charge on any atom is -0.308 e. The third kappa shape index (κ3) is 7.01. The molecule has 0 aliphatic heterocycles. The molecule has 0 amide bonds. The molecule has 10 aromatic rings. The van der Waals surface area contributed by atoms with Crippen LogP contribution in [0, 0.1) is 56.7 Å². The van der Waals surface area contributed by atoms with Gasteiger partial charge >= 0.3 is 0 Å². The maximum absolute atomic E-state index is 10.3. The fourth-order valence-corrected chi connectivity index (χ4v) is 8.95. The molecule has 6 nitrogen and oxygen atoms in total. The lowest BCUT2D eigenvalue weighted by atomic mass is 9.89. The van der Waals surface area contributed by atoms with Crippen molar-refractivity contribution in [3.8, 4) is 103 Å². The monoisotopic (exact) mass is 824 g/mol. The van der Waals surface area contributed by atoms with E-state index in [2.05, 4.69) is 95.6 Å². The number of para-hydroxylation sites is 1. The van der Waals surface area contributed by atoms with Crippen LogP contribution in [0.3, 0.4) is 0 Å². The lowest BCUT2D eigenvalue weighted by molar-refractivity contribution is 1.17. The SMILES string of the molecule is N#Cc1ccccc1-c1cc(-c2ccc3c(c2)c2cc(-c4cc(-c5ccccc5C#N)cc(-c5ccccc5C#N)c4)ccc2n3-c2ccccc2C#N)cc(-c2ccccc2C#N)c1. The molecule has 1 heterocycles. The van der Waals surface area contributed by atoms with Crippen molar-refractivity contribution < 1.29 is 0 Å². The smallest absolute Gasteiger partial charge is 0.101 e. The highest BCUT2D eigenvalue weighted by Crippen LogP contribution is 2.42. The summed E-state index contributed by atoms with van der Waals surface area (Å²) in [6.07, 6.45) is 0. The van der Waals surface area contributed by atoms with Crippen LogP contribution in [0.4, 0.5) is 0 Å². The van der Waals surface area contributed by atoms with Gasteiger partial charge < -0.3 is 4.57 Å². The van der Waals surface area contributed by atoms with E-state index in [4.69, 9.17) is 0 Å². The maximum atomic E-state index is 10.3. The predicted molar refractivity (Wildman–Crippen MR) is 257 cm³/mol. The van der Waals surface area contributed by atoms with Crippen LogP contribution >= 0.6 is 0 Å². The second-order valence-corrected chi connectivity index (χ2v) is 15.7. The van der Waals surface area contributed by atoms with Crippen LogP contribution in [0.15, 0.2) is 194 Å². The number of fused-ring (bicyclic) bond motifs is 3. The molecule has 0 bridgehead atoms. The molecule has 0 atom stereocenters. The fourth-order valence-electron chi connectivity index (χ4n) is 8.95. The van der Waals surface area contributed by atoms with Crippen LogP contribution in [0.2, 0.25) is 0 Å². The van der Waals surface area contributed by atoms with Crippen LogP contribution in [-0.4, -0.2) is 4.57 Å². The molecule has 65 heavy (non-hydrogen) atoms. The molecule has 0 saturated heterocycles. The Kier molecular flexibility index (Phi) is 10.1. The minimum atomic E-state index is 0.536. The zero-order valence-electron chi connectivity index (χ0n) is 34.7. The number of benzene rings is 9. The van der Waals surface area contributed by atoms with E-state index in [-0.39, 0.29) is 0 Å². The molecule has 298 valence electrons. The Bertz CT molecular complexity index is 3430. The number of nitriles is 5. The van der Waals surface area contributed by atoms with Gasteiger partial charge in [0.15, 0.2) is 0 Å². The molecular weight excluding hydrogens is 793 g/mol. The number of aromatic nitrogens is 1. The van der Waals surface area contributed by atoms with E-state index in [1.807, 2.05) is 133 Å². The van der Waals surface area contributed by atoms with Crippen LogP contribution in [0.1, 0.15) is 27.8 Å². The third-order valence-corrected chi connectivity index (χ3v) is 12.0. The fraction of sp³-hybridized carbons (Fsp3) is 0. The quantitative estimate of drug-likeness (QED) is 0.158. The molecule has 0 N–H and O–H groups in total. The molecule has 0 spiro atoms. The lowest BCUT2D eigenvalue weighted by Gasteiger charge is -2.13. The minimum absolute atomic E-state index is 0.536. The van der Waals surface area contributed by atoms with Gasteiger partial charge in [0.25, 0.3) is 0 Å². The standard InChI is InChI=1S/C59H32N6/c60-33-40-11-1-6-16-51(40)47-25-45(26-48(29-47)52-17-7-2-12-41(52)34-61)38-21-23-58-55(31-38)56-32-39(22-24-59(56)65(58)57-20-10-5-15-44(57)37-64)46-27-49(53-18-8-3-13-42(53)35-62)30-50(28-46)54-19-9-4-14-43(54)36-63/h1-32H. The zero-order valence-corrected chi connectivity index (χ0v) is 34.7. The Morgan fingerprint density at radius 1 is 0.262 bits per heavy atom. The molecule has 0 radical (unpaired) electrons. The van der Waals surface area contributed by atoms with Gasteiger partial charge in [0, 0.05) is 10.8 Å². The number of nitrogens with zero attached hydrogens (tertiary/aromatic N) is 6. The molecule has 9 aromatic carbocycles. The summed E-state index contributed by atoms with van der Waals surface area (Å²) in [5.41, 5.74) is 15.5. The Hall–Kier alpha value is -9.77.